The molecule has 0 aliphatic carbocycles. The average Bonchev–Trinajstić information content (AvgIpc) is 3.17. The molecule has 2 heterocycles. The number of pyridine rings is 1. The SMILES string of the molecule is O=C(CSc1nc2ccccc2s1)NCC#CCOc1ccc2cccnc2c1. The van der Waals surface area contributed by atoms with Crippen molar-refractivity contribution in [1.29, 1.82) is 0 Å². The molecule has 5 nitrogen and oxygen atoms in total. The first kappa shape index (κ1) is 19.2. The number of carbonyl (C=O) groups is 1. The Bertz CT molecular complexity index is 1180. The molecule has 144 valence electrons. The summed E-state index contributed by atoms with van der Waals surface area (Å²) >= 11 is 3.03. The second-order valence-corrected chi connectivity index (χ2v) is 8.27. The van der Waals surface area contributed by atoms with Gasteiger partial charge in [-0.05, 0) is 30.3 Å². The summed E-state index contributed by atoms with van der Waals surface area (Å²) in [7, 11) is 0. The summed E-state index contributed by atoms with van der Waals surface area (Å²) in [5, 5.41) is 3.85. The summed E-state index contributed by atoms with van der Waals surface area (Å²) in [6.45, 7) is 0.552. The summed E-state index contributed by atoms with van der Waals surface area (Å²) in [6, 6.07) is 17.6. The Balaban J connectivity index is 1.18. The van der Waals surface area contributed by atoms with E-state index in [4.69, 9.17) is 4.74 Å². The lowest BCUT2D eigenvalue weighted by Crippen LogP contribution is -2.25. The van der Waals surface area contributed by atoms with Crippen LogP contribution in [-0.2, 0) is 4.79 Å². The van der Waals surface area contributed by atoms with Crippen LogP contribution in [0.15, 0.2) is 65.1 Å². The summed E-state index contributed by atoms with van der Waals surface area (Å²) in [4.78, 5) is 20.8. The lowest BCUT2D eigenvalue weighted by molar-refractivity contribution is -0.118. The topological polar surface area (TPSA) is 64.1 Å². The first-order valence-corrected chi connectivity index (χ1v) is 10.8. The van der Waals surface area contributed by atoms with E-state index in [0.717, 1.165) is 31.2 Å². The Morgan fingerprint density at radius 3 is 2.97 bits per heavy atom. The normalized spacial score (nSPS) is 10.5. The third-order valence-corrected chi connectivity index (χ3v) is 6.17. The fraction of sp³-hybridized carbons (Fsp3) is 0.136. The van der Waals surface area contributed by atoms with Gasteiger partial charge in [-0.15, -0.1) is 11.3 Å². The molecule has 29 heavy (non-hydrogen) atoms. The van der Waals surface area contributed by atoms with Crippen molar-refractivity contribution < 1.29 is 9.53 Å². The minimum absolute atomic E-state index is 0.0647. The van der Waals surface area contributed by atoms with Gasteiger partial charge in [-0.2, -0.15) is 0 Å². The van der Waals surface area contributed by atoms with Crippen LogP contribution in [0.3, 0.4) is 0 Å². The minimum atomic E-state index is -0.0647. The van der Waals surface area contributed by atoms with Gasteiger partial charge >= 0.3 is 0 Å². The van der Waals surface area contributed by atoms with E-state index >= 15 is 0 Å². The average molecular weight is 420 g/mol. The molecule has 0 saturated carbocycles. The number of thiazole rings is 1. The van der Waals surface area contributed by atoms with Gasteiger partial charge < -0.3 is 10.1 Å². The van der Waals surface area contributed by atoms with E-state index in [-0.39, 0.29) is 12.5 Å². The fourth-order valence-electron chi connectivity index (χ4n) is 2.60. The van der Waals surface area contributed by atoms with E-state index in [2.05, 4.69) is 27.1 Å². The van der Waals surface area contributed by atoms with E-state index in [1.807, 2.05) is 54.6 Å². The van der Waals surface area contributed by atoms with Gasteiger partial charge in [0.25, 0.3) is 0 Å². The molecule has 0 atom stereocenters. The molecule has 0 bridgehead atoms. The molecule has 0 spiro atoms. The molecule has 0 unspecified atom stereocenters. The van der Waals surface area contributed by atoms with Crippen LogP contribution in [0.2, 0.25) is 0 Å². The number of para-hydroxylation sites is 1. The number of aromatic nitrogens is 2. The van der Waals surface area contributed by atoms with Gasteiger partial charge in [0.2, 0.25) is 5.91 Å². The van der Waals surface area contributed by atoms with Crippen molar-refractivity contribution in [2.45, 2.75) is 4.34 Å². The molecule has 1 N–H and O–H groups in total. The maximum absolute atomic E-state index is 11.9. The minimum Gasteiger partial charge on any atom is -0.481 e. The van der Waals surface area contributed by atoms with Crippen LogP contribution in [0, 0.1) is 11.8 Å². The summed E-state index contributed by atoms with van der Waals surface area (Å²) in [5.41, 5.74) is 1.85. The molecule has 0 aliphatic rings. The lowest BCUT2D eigenvalue weighted by atomic mass is 10.2. The van der Waals surface area contributed by atoms with Crippen molar-refractivity contribution in [1.82, 2.24) is 15.3 Å². The Morgan fingerprint density at radius 1 is 1.10 bits per heavy atom. The number of rotatable bonds is 6. The van der Waals surface area contributed by atoms with Crippen molar-refractivity contribution in [2.75, 3.05) is 18.9 Å². The zero-order valence-corrected chi connectivity index (χ0v) is 17.1. The van der Waals surface area contributed by atoms with Gasteiger partial charge in [0.1, 0.15) is 12.4 Å². The fourth-order valence-corrected chi connectivity index (χ4v) is 4.50. The van der Waals surface area contributed by atoms with Crippen LogP contribution < -0.4 is 10.1 Å². The van der Waals surface area contributed by atoms with Gasteiger partial charge in [0, 0.05) is 17.6 Å². The largest absolute Gasteiger partial charge is 0.481 e. The van der Waals surface area contributed by atoms with Crippen molar-refractivity contribution in [3.05, 3.63) is 60.8 Å². The zero-order chi connectivity index (χ0) is 19.9. The van der Waals surface area contributed by atoms with Crippen molar-refractivity contribution in [3.63, 3.8) is 0 Å². The van der Waals surface area contributed by atoms with E-state index in [1.165, 1.54) is 11.8 Å². The van der Waals surface area contributed by atoms with E-state index in [9.17, 15) is 4.79 Å². The predicted molar refractivity (Wildman–Crippen MR) is 118 cm³/mol. The molecule has 2 aromatic heterocycles. The molecule has 4 rings (SSSR count). The molecule has 4 aromatic rings. The highest BCUT2D eigenvalue weighted by molar-refractivity contribution is 8.01. The predicted octanol–water partition coefficient (Wildman–Crippen LogP) is 4.14. The highest BCUT2D eigenvalue weighted by Gasteiger charge is 2.06. The Morgan fingerprint density at radius 2 is 2.03 bits per heavy atom. The van der Waals surface area contributed by atoms with E-state index in [0.29, 0.717) is 12.3 Å². The molecule has 0 fully saturated rings. The van der Waals surface area contributed by atoms with Crippen LogP contribution in [0.1, 0.15) is 0 Å². The highest BCUT2D eigenvalue weighted by Crippen LogP contribution is 2.29. The number of nitrogens with one attached hydrogen (secondary N) is 1. The zero-order valence-electron chi connectivity index (χ0n) is 15.4. The van der Waals surface area contributed by atoms with Crippen LogP contribution in [-0.4, -0.2) is 34.8 Å². The number of carbonyl (C=O) groups excluding carboxylic acids is 1. The van der Waals surface area contributed by atoms with E-state index in [1.54, 1.807) is 17.5 Å². The summed E-state index contributed by atoms with van der Waals surface area (Å²) in [6.07, 6.45) is 1.75. The Hall–Kier alpha value is -3.08. The van der Waals surface area contributed by atoms with Crippen molar-refractivity contribution in [3.8, 4) is 17.6 Å². The standard InChI is InChI=1S/C22H17N3O2S2/c26-21(15-28-22-25-18-7-1-2-8-20(18)29-22)24-11-3-4-13-27-17-10-9-16-6-5-12-23-19(16)14-17/h1-2,5-10,12,14H,11,13,15H2,(H,24,26). The lowest BCUT2D eigenvalue weighted by Gasteiger charge is -2.03. The maximum atomic E-state index is 11.9. The van der Waals surface area contributed by atoms with Gasteiger partial charge in [-0.25, -0.2) is 4.98 Å². The second-order valence-electron chi connectivity index (χ2n) is 6.01. The third kappa shape index (κ3) is 5.25. The molecule has 0 radical (unpaired) electrons. The first-order chi connectivity index (χ1) is 14.3. The Kier molecular flexibility index (Phi) is 6.25. The van der Waals surface area contributed by atoms with Gasteiger partial charge in [0.15, 0.2) is 4.34 Å². The van der Waals surface area contributed by atoms with Gasteiger partial charge in [0.05, 0.1) is 28.0 Å². The van der Waals surface area contributed by atoms with Crippen molar-refractivity contribution >= 4 is 50.1 Å². The van der Waals surface area contributed by atoms with Crippen LogP contribution in [0.25, 0.3) is 21.1 Å². The second kappa shape index (κ2) is 9.41. The van der Waals surface area contributed by atoms with Crippen LogP contribution in [0.5, 0.6) is 5.75 Å². The van der Waals surface area contributed by atoms with Crippen LogP contribution >= 0.6 is 23.1 Å². The number of thioether (sulfide) groups is 1. The number of hydrogen-bond donors (Lipinski definition) is 1. The monoisotopic (exact) mass is 419 g/mol. The number of fused-ring (bicyclic) bond motifs is 2. The number of amides is 1. The number of nitrogens with zero attached hydrogens (tertiary/aromatic N) is 2. The maximum Gasteiger partial charge on any atom is 0.231 e. The van der Waals surface area contributed by atoms with E-state index < -0.39 is 0 Å². The van der Waals surface area contributed by atoms with Gasteiger partial charge in [-0.3, -0.25) is 9.78 Å². The van der Waals surface area contributed by atoms with Crippen LogP contribution in [0.4, 0.5) is 0 Å². The molecule has 0 saturated heterocycles. The smallest absolute Gasteiger partial charge is 0.231 e. The highest BCUT2D eigenvalue weighted by atomic mass is 32.2. The van der Waals surface area contributed by atoms with Crippen molar-refractivity contribution in [2.24, 2.45) is 0 Å². The number of ether oxygens (including phenoxy) is 1. The molecular formula is C22H17N3O2S2. The number of benzene rings is 2. The molecule has 2 aromatic carbocycles. The third-order valence-electron chi connectivity index (χ3n) is 3.99. The summed E-state index contributed by atoms with van der Waals surface area (Å²) < 4.78 is 7.64. The molecule has 1 amide bonds. The quantitative estimate of drug-likeness (QED) is 0.376. The molecular weight excluding hydrogens is 402 g/mol. The molecule has 0 aliphatic heterocycles. The summed E-state index contributed by atoms with van der Waals surface area (Å²) in [5.74, 6) is 6.78. The number of hydrogen-bond acceptors (Lipinski definition) is 6. The van der Waals surface area contributed by atoms with Gasteiger partial charge in [-0.1, -0.05) is 41.8 Å². The first-order valence-electron chi connectivity index (χ1n) is 8.96. The Labute approximate surface area is 176 Å². The molecule has 7 heteroatoms.